The van der Waals surface area contributed by atoms with Gasteiger partial charge in [0.1, 0.15) is 16.4 Å². The van der Waals surface area contributed by atoms with E-state index in [1.54, 1.807) is 30.9 Å². The summed E-state index contributed by atoms with van der Waals surface area (Å²) in [5.41, 5.74) is 0.906. The monoisotopic (exact) mass is 306 g/mol. The molecule has 0 fully saturated rings. The summed E-state index contributed by atoms with van der Waals surface area (Å²) in [6.07, 6.45) is 5.10. The minimum Gasteiger partial charge on any atom is -0.481 e. The largest absolute Gasteiger partial charge is 0.481 e. The molecule has 2 rings (SSSR count). The molecule has 0 aromatic carbocycles. The van der Waals surface area contributed by atoms with Crippen molar-refractivity contribution in [2.75, 3.05) is 0 Å². The fourth-order valence-corrected chi connectivity index (χ4v) is 2.38. The first kappa shape index (κ1) is 15.0. The molecule has 1 atom stereocenters. The van der Waals surface area contributed by atoms with Crippen molar-refractivity contribution in [3.05, 3.63) is 29.7 Å². The van der Waals surface area contributed by atoms with Crippen molar-refractivity contribution in [2.24, 2.45) is 0 Å². The van der Waals surface area contributed by atoms with Crippen LogP contribution in [0.5, 0.6) is 0 Å². The number of amides is 1. The van der Waals surface area contributed by atoms with Crippen LogP contribution in [0.2, 0.25) is 0 Å². The maximum absolute atomic E-state index is 12.0. The van der Waals surface area contributed by atoms with Crippen molar-refractivity contribution in [3.63, 3.8) is 0 Å². The molecule has 0 radical (unpaired) electrons. The Morgan fingerprint density at radius 1 is 1.43 bits per heavy atom. The van der Waals surface area contributed by atoms with E-state index in [0.29, 0.717) is 22.8 Å². The van der Waals surface area contributed by atoms with E-state index >= 15 is 0 Å². The van der Waals surface area contributed by atoms with Gasteiger partial charge in [0, 0.05) is 30.2 Å². The smallest absolute Gasteiger partial charge is 0.303 e. The average molecular weight is 306 g/mol. The van der Waals surface area contributed by atoms with Crippen LogP contribution in [-0.2, 0) is 4.79 Å². The SMILES string of the molecule is CC(CCC(=O)O)NC(=O)c1csc(-c2cnccn2)n1. The molecule has 2 N–H and O–H groups in total. The van der Waals surface area contributed by atoms with E-state index in [1.807, 2.05) is 0 Å². The maximum atomic E-state index is 12.0. The Morgan fingerprint density at radius 2 is 2.24 bits per heavy atom. The van der Waals surface area contributed by atoms with E-state index in [2.05, 4.69) is 20.3 Å². The first-order valence-corrected chi connectivity index (χ1v) is 7.19. The lowest BCUT2D eigenvalue weighted by molar-refractivity contribution is -0.137. The molecule has 8 heteroatoms. The highest BCUT2D eigenvalue weighted by Crippen LogP contribution is 2.20. The quantitative estimate of drug-likeness (QED) is 0.839. The second kappa shape index (κ2) is 6.89. The second-order valence-electron chi connectivity index (χ2n) is 4.44. The molecule has 2 aromatic rings. The summed E-state index contributed by atoms with van der Waals surface area (Å²) in [5.74, 6) is -1.20. The normalized spacial score (nSPS) is 11.9. The molecule has 110 valence electrons. The van der Waals surface area contributed by atoms with Crippen LogP contribution in [0.4, 0.5) is 0 Å². The summed E-state index contributed by atoms with van der Waals surface area (Å²) in [6.45, 7) is 1.76. The highest BCUT2D eigenvalue weighted by molar-refractivity contribution is 7.13. The highest BCUT2D eigenvalue weighted by Gasteiger charge is 2.15. The molecule has 7 nitrogen and oxygen atoms in total. The summed E-state index contributed by atoms with van der Waals surface area (Å²) in [4.78, 5) is 34.8. The number of rotatable bonds is 6. The van der Waals surface area contributed by atoms with Gasteiger partial charge < -0.3 is 10.4 Å². The number of thiazole rings is 1. The predicted molar refractivity (Wildman–Crippen MR) is 76.9 cm³/mol. The number of carboxylic acid groups (broad SMARTS) is 1. The van der Waals surface area contributed by atoms with Gasteiger partial charge in [0.05, 0.1) is 6.20 Å². The van der Waals surface area contributed by atoms with Crippen molar-refractivity contribution in [1.82, 2.24) is 20.3 Å². The number of nitrogens with one attached hydrogen (secondary N) is 1. The molecule has 2 heterocycles. The molecule has 0 aliphatic carbocycles. The van der Waals surface area contributed by atoms with Gasteiger partial charge in [-0.1, -0.05) is 0 Å². The number of hydrogen-bond donors (Lipinski definition) is 2. The molecule has 0 saturated heterocycles. The van der Waals surface area contributed by atoms with Gasteiger partial charge in [-0.3, -0.25) is 19.6 Å². The third kappa shape index (κ3) is 4.32. The summed E-state index contributed by atoms with van der Waals surface area (Å²) in [5, 5.41) is 13.6. The van der Waals surface area contributed by atoms with E-state index in [9.17, 15) is 9.59 Å². The van der Waals surface area contributed by atoms with Crippen molar-refractivity contribution in [1.29, 1.82) is 0 Å². The lowest BCUT2D eigenvalue weighted by Crippen LogP contribution is -2.33. The molecule has 1 amide bonds. The predicted octanol–water partition coefficient (Wildman–Crippen LogP) is 1.58. The Hall–Kier alpha value is -2.35. The summed E-state index contributed by atoms with van der Waals surface area (Å²) in [6, 6.07) is -0.227. The van der Waals surface area contributed by atoms with E-state index in [4.69, 9.17) is 5.11 Å². The van der Waals surface area contributed by atoms with Crippen LogP contribution in [-0.4, -0.2) is 38.0 Å². The van der Waals surface area contributed by atoms with Gasteiger partial charge in [0.2, 0.25) is 0 Å². The molecule has 0 spiro atoms. The summed E-state index contributed by atoms with van der Waals surface area (Å²) >= 11 is 1.31. The molecule has 0 bridgehead atoms. The van der Waals surface area contributed by atoms with Crippen LogP contribution < -0.4 is 5.32 Å². The molecular formula is C13H14N4O3S. The third-order valence-electron chi connectivity index (χ3n) is 2.69. The topological polar surface area (TPSA) is 105 Å². The zero-order chi connectivity index (χ0) is 15.2. The lowest BCUT2D eigenvalue weighted by atomic mass is 10.2. The summed E-state index contributed by atoms with van der Waals surface area (Å²) in [7, 11) is 0. The minimum atomic E-state index is -0.880. The van der Waals surface area contributed by atoms with E-state index in [0.717, 1.165) is 0 Å². The van der Waals surface area contributed by atoms with Gasteiger partial charge in [0.15, 0.2) is 0 Å². The lowest BCUT2D eigenvalue weighted by Gasteiger charge is -2.11. The van der Waals surface area contributed by atoms with Crippen molar-refractivity contribution < 1.29 is 14.7 Å². The van der Waals surface area contributed by atoms with E-state index in [-0.39, 0.29) is 18.4 Å². The average Bonchev–Trinajstić information content (AvgIpc) is 2.96. The Morgan fingerprint density at radius 3 is 2.90 bits per heavy atom. The standard InChI is InChI=1S/C13H14N4O3S/c1-8(2-3-11(18)19)16-12(20)10-7-21-13(17-10)9-6-14-4-5-15-9/h4-8H,2-3H2,1H3,(H,16,20)(H,18,19). The minimum absolute atomic E-state index is 0.0172. The molecule has 0 aliphatic rings. The summed E-state index contributed by atoms with van der Waals surface area (Å²) < 4.78 is 0. The van der Waals surface area contributed by atoms with Crippen LogP contribution in [0.3, 0.4) is 0 Å². The number of carbonyl (C=O) groups excluding carboxylic acids is 1. The number of nitrogens with zero attached hydrogens (tertiary/aromatic N) is 3. The Bertz CT molecular complexity index is 629. The molecule has 1 unspecified atom stereocenters. The van der Waals surface area contributed by atoms with Crippen LogP contribution in [0.25, 0.3) is 10.7 Å². The maximum Gasteiger partial charge on any atom is 0.303 e. The first-order chi connectivity index (χ1) is 10.1. The highest BCUT2D eigenvalue weighted by atomic mass is 32.1. The molecular weight excluding hydrogens is 292 g/mol. The van der Waals surface area contributed by atoms with Crippen LogP contribution in [0, 0.1) is 0 Å². The van der Waals surface area contributed by atoms with Crippen molar-refractivity contribution in [2.45, 2.75) is 25.8 Å². The van der Waals surface area contributed by atoms with E-state index < -0.39 is 5.97 Å². The first-order valence-electron chi connectivity index (χ1n) is 6.31. The molecule has 0 aliphatic heterocycles. The number of carbonyl (C=O) groups is 2. The van der Waals surface area contributed by atoms with Gasteiger partial charge in [-0.15, -0.1) is 11.3 Å². The zero-order valence-electron chi connectivity index (χ0n) is 11.3. The fraction of sp³-hybridized carbons (Fsp3) is 0.308. The van der Waals surface area contributed by atoms with Gasteiger partial charge in [0.25, 0.3) is 5.91 Å². The Balaban J connectivity index is 1.98. The van der Waals surface area contributed by atoms with Crippen LogP contribution in [0.15, 0.2) is 24.0 Å². The Labute approximate surface area is 125 Å². The molecule has 21 heavy (non-hydrogen) atoms. The number of hydrogen-bond acceptors (Lipinski definition) is 6. The van der Waals surface area contributed by atoms with Gasteiger partial charge in [-0.25, -0.2) is 4.98 Å². The van der Waals surface area contributed by atoms with Gasteiger partial charge >= 0.3 is 5.97 Å². The van der Waals surface area contributed by atoms with Crippen molar-refractivity contribution >= 4 is 23.2 Å². The van der Waals surface area contributed by atoms with Gasteiger partial charge in [-0.05, 0) is 13.3 Å². The van der Waals surface area contributed by atoms with E-state index in [1.165, 1.54) is 11.3 Å². The van der Waals surface area contributed by atoms with Crippen LogP contribution in [0.1, 0.15) is 30.3 Å². The Kier molecular flexibility index (Phi) is 4.94. The second-order valence-corrected chi connectivity index (χ2v) is 5.29. The van der Waals surface area contributed by atoms with Crippen molar-refractivity contribution in [3.8, 4) is 10.7 Å². The molecule has 0 saturated carbocycles. The molecule has 2 aromatic heterocycles. The van der Waals surface area contributed by atoms with Crippen LogP contribution >= 0.6 is 11.3 Å². The number of aromatic nitrogens is 3. The fourth-order valence-electron chi connectivity index (χ4n) is 1.62. The number of aliphatic carboxylic acids is 1. The van der Waals surface area contributed by atoms with Gasteiger partial charge in [-0.2, -0.15) is 0 Å². The third-order valence-corrected chi connectivity index (χ3v) is 3.55. The zero-order valence-corrected chi connectivity index (χ0v) is 12.1. The number of carboxylic acids is 1.